The van der Waals surface area contributed by atoms with E-state index in [4.69, 9.17) is 9.84 Å². The third kappa shape index (κ3) is 2.96. The Morgan fingerprint density at radius 2 is 1.85 bits per heavy atom. The van der Waals surface area contributed by atoms with Crippen LogP contribution in [0, 0.1) is 0 Å². The normalized spacial score (nSPS) is 16.5. The summed E-state index contributed by atoms with van der Waals surface area (Å²) in [4.78, 5) is 0. The van der Waals surface area contributed by atoms with Gasteiger partial charge < -0.3 is 10.1 Å². The smallest absolute Gasteiger partial charge is 0.130 e. The lowest BCUT2D eigenvalue weighted by molar-refractivity contribution is 0.302. The number of hydrogen-bond acceptors (Lipinski definition) is 3. The van der Waals surface area contributed by atoms with Crippen molar-refractivity contribution in [3.63, 3.8) is 0 Å². The summed E-state index contributed by atoms with van der Waals surface area (Å²) in [7, 11) is 0. The Hall–Kier alpha value is -2.75. The second-order valence-electron chi connectivity index (χ2n) is 7.28. The van der Waals surface area contributed by atoms with Crippen LogP contribution in [-0.2, 0) is 13.2 Å². The highest BCUT2D eigenvalue weighted by atomic mass is 16.5. The molecule has 0 saturated heterocycles. The van der Waals surface area contributed by atoms with Gasteiger partial charge in [0, 0.05) is 28.9 Å². The quantitative estimate of drug-likeness (QED) is 0.738. The van der Waals surface area contributed by atoms with Crippen molar-refractivity contribution in [1.82, 2.24) is 9.78 Å². The summed E-state index contributed by atoms with van der Waals surface area (Å²) in [6.45, 7) is 1.31. The van der Waals surface area contributed by atoms with E-state index < -0.39 is 0 Å². The van der Waals surface area contributed by atoms with Crippen molar-refractivity contribution in [3.8, 4) is 17.0 Å². The second-order valence-corrected chi connectivity index (χ2v) is 7.28. The molecule has 0 unspecified atom stereocenters. The Bertz CT molecular complexity index is 910. The van der Waals surface area contributed by atoms with Crippen molar-refractivity contribution in [3.05, 3.63) is 65.9 Å². The number of anilines is 1. The third-order valence-electron chi connectivity index (χ3n) is 5.42. The van der Waals surface area contributed by atoms with E-state index in [1.54, 1.807) is 0 Å². The summed E-state index contributed by atoms with van der Waals surface area (Å²) in [5.41, 5.74) is 5.62. The fourth-order valence-corrected chi connectivity index (χ4v) is 3.99. The van der Waals surface area contributed by atoms with E-state index in [9.17, 15) is 0 Å². The van der Waals surface area contributed by atoms with E-state index in [-0.39, 0.29) is 0 Å². The van der Waals surface area contributed by atoms with E-state index in [0.717, 1.165) is 29.2 Å². The highest BCUT2D eigenvalue weighted by Gasteiger charge is 2.19. The average molecular weight is 345 g/mol. The zero-order chi connectivity index (χ0) is 17.3. The van der Waals surface area contributed by atoms with Gasteiger partial charge in [-0.1, -0.05) is 49.2 Å². The number of ether oxygens (including phenoxy) is 1. The molecule has 3 aromatic rings. The summed E-state index contributed by atoms with van der Waals surface area (Å²) in [6, 6.07) is 19.6. The first-order valence-electron chi connectivity index (χ1n) is 9.49. The first kappa shape index (κ1) is 15.5. The van der Waals surface area contributed by atoms with Gasteiger partial charge in [-0.05, 0) is 25.0 Å². The van der Waals surface area contributed by atoms with Crippen LogP contribution < -0.4 is 10.1 Å². The van der Waals surface area contributed by atoms with Crippen LogP contribution in [0.25, 0.3) is 11.3 Å². The molecule has 26 heavy (non-hydrogen) atoms. The van der Waals surface area contributed by atoms with E-state index in [0.29, 0.717) is 12.6 Å². The minimum Gasteiger partial charge on any atom is -0.487 e. The molecule has 5 rings (SSSR count). The van der Waals surface area contributed by atoms with E-state index in [1.807, 2.05) is 18.2 Å². The highest BCUT2D eigenvalue weighted by molar-refractivity contribution is 5.59. The maximum Gasteiger partial charge on any atom is 0.130 e. The van der Waals surface area contributed by atoms with Gasteiger partial charge in [-0.25, -0.2) is 0 Å². The summed E-state index contributed by atoms with van der Waals surface area (Å²) in [6.07, 6.45) is 5.22. The van der Waals surface area contributed by atoms with Crippen molar-refractivity contribution in [1.29, 1.82) is 0 Å². The molecule has 132 valence electrons. The van der Waals surface area contributed by atoms with Gasteiger partial charge in [0.05, 0.1) is 17.9 Å². The molecule has 2 aromatic carbocycles. The molecule has 0 bridgehead atoms. The molecule has 1 saturated carbocycles. The fraction of sp³-hybridized carbons (Fsp3) is 0.318. The fourth-order valence-electron chi connectivity index (χ4n) is 3.99. The maximum absolute atomic E-state index is 6.13. The standard InChI is InChI=1S/C22H23N3O/c1-2-6-16(7-3-1)21-13-20-15-26-22-12-19(23-18-8-4-5-9-18)11-10-17(22)14-25(20)24-21/h1-3,6-7,10-13,18,23H,4-5,8-9,14-15H2. The van der Waals surface area contributed by atoms with Gasteiger partial charge in [-0.15, -0.1) is 0 Å². The zero-order valence-electron chi connectivity index (χ0n) is 14.8. The number of rotatable bonds is 3. The predicted molar refractivity (Wildman–Crippen MR) is 103 cm³/mol. The number of aromatic nitrogens is 2. The van der Waals surface area contributed by atoms with Crippen LogP contribution in [0.3, 0.4) is 0 Å². The lowest BCUT2D eigenvalue weighted by atomic mass is 10.1. The topological polar surface area (TPSA) is 39.1 Å². The third-order valence-corrected chi connectivity index (χ3v) is 5.42. The molecule has 2 aliphatic rings. The monoisotopic (exact) mass is 345 g/mol. The summed E-state index contributed by atoms with van der Waals surface area (Å²) < 4.78 is 8.20. The molecule has 0 radical (unpaired) electrons. The van der Waals surface area contributed by atoms with Gasteiger partial charge >= 0.3 is 0 Å². The van der Waals surface area contributed by atoms with Crippen molar-refractivity contribution in [2.24, 2.45) is 0 Å². The molecular formula is C22H23N3O. The zero-order valence-corrected chi connectivity index (χ0v) is 14.8. The van der Waals surface area contributed by atoms with E-state index >= 15 is 0 Å². The first-order valence-corrected chi connectivity index (χ1v) is 9.49. The molecule has 0 atom stereocenters. The van der Waals surface area contributed by atoms with Crippen LogP contribution >= 0.6 is 0 Å². The Labute approximate surface area is 153 Å². The Balaban J connectivity index is 1.39. The Morgan fingerprint density at radius 3 is 2.69 bits per heavy atom. The molecule has 0 spiro atoms. The summed E-state index contributed by atoms with van der Waals surface area (Å²) in [5, 5.41) is 8.46. The SMILES string of the molecule is c1ccc(-c2cc3n(n2)Cc2ccc(NC4CCCC4)cc2OC3)cc1. The summed E-state index contributed by atoms with van der Waals surface area (Å²) in [5.74, 6) is 0.972. The van der Waals surface area contributed by atoms with Crippen molar-refractivity contribution < 1.29 is 4.74 Å². The van der Waals surface area contributed by atoms with Crippen LogP contribution in [0.4, 0.5) is 5.69 Å². The Morgan fingerprint density at radius 1 is 1.00 bits per heavy atom. The average Bonchev–Trinajstić information content (AvgIpc) is 3.29. The lowest BCUT2D eigenvalue weighted by Crippen LogP contribution is -2.14. The molecule has 4 heteroatoms. The maximum atomic E-state index is 6.13. The van der Waals surface area contributed by atoms with E-state index in [1.165, 1.54) is 36.9 Å². The number of fused-ring (bicyclic) bond motifs is 2. The molecule has 1 aromatic heterocycles. The van der Waals surface area contributed by atoms with Gasteiger partial charge in [0.15, 0.2) is 0 Å². The molecule has 1 N–H and O–H groups in total. The van der Waals surface area contributed by atoms with Gasteiger partial charge in [0.25, 0.3) is 0 Å². The van der Waals surface area contributed by atoms with Gasteiger partial charge in [-0.2, -0.15) is 5.10 Å². The van der Waals surface area contributed by atoms with Crippen molar-refractivity contribution in [2.45, 2.75) is 44.9 Å². The number of nitrogens with zero attached hydrogens (tertiary/aromatic N) is 2. The number of nitrogens with one attached hydrogen (secondary N) is 1. The minimum atomic E-state index is 0.555. The predicted octanol–water partition coefficient (Wildman–Crippen LogP) is 4.85. The number of hydrogen-bond donors (Lipinski definition) is 1. The van der Waals surface area contributed by atoms with Crippen LogP contribution in [0.5, 0.6) is 5.75 Å². The van der Waals surface area contributed by atoms with Gasteiger partial charge in [0.2, 0.25) is 0 Å². The molecule has 2 heterocycles. The molecule has 0 amide bonds. The lowest BCUT2D eigenvalue weighted by Gasteiger charge is -2.15. The Kier molecular flexibility index (Phi) is 3.89. The molecule has 1 aliphatic carbocycles. The van der Waals surface area contributed by atoms with Crippen LogP contribution in [0.2, 0.25) is 0 Å². The van der Waals surface area contributed by atoms with Gasteiger partial charge in [-0.3, -0.25) is 4.68 Å². The first-order chi connectivity index (χ1) is 12.8. The van der Waals surface area contributed by atoms with Crippen LogP contribution in [0.1, 0.15) is 36.9 Å². The minimum absolute atomic E-state index is 0.555. The summed E-state index contributed by atoms with van der Waals surface area (Å²) >= 11 is 0. The van der Waals surface area contributed by atoms with Gasteiger partial charge in [0.1, 0.15) is 12.4 Å². The number of benzene rings is 2. The van der Waals surface area contributed by atoms with E-state index in [2.05, 4.69) is 46.4 Å². The van der Waals surface area contributed by atoms with Crippen molar-refractivity contribution >= 4 is 5.69 Å². The molecule has 1 aliphatic heterocycles. The highest BCUT2D eigenvalue weighted by Crippen LogP contribution is 2.31. The van der Waals surface area contributed by atoms with Crippen molar-refractivity contribution in [2.75, 3.05) is 5.32 Å². The largest absolute Gasteiger partial charge is 0.487 e. The van der Waals surface area contributed by atoms with Crippen LogP contribution in [-0.4, -0.2) is 15.8 Å². The molecule has 1 fully saturated rings. The molecular weight excluding hydrogens is 322 g/mol. The van der Waals surface area contributed by atoms with Crippen LogP contribution in [0.15, 0.2) is 54.6 Å². The second kappa shape index (κ2) is 6.52. The molecule has 4 nitrogen and oxygen atoms in total.